The molecule has 0 radical (unpaired) electrons. The number of ether oxygens (including phenoxy) is 1. The summed E-state index contributed by atoms with van der Waals surface area (Å²) >= 11 is 0. The lowest BCUT2D eigenvalue weighted by Gasteiger charge is -2.40. The molecule has 1 aromatic rings. The summed E-state index contributed by atoms with van der Waals surface area (Å²) in [4.78, 5) is 2.35. The zero-order valence-corrected chi connectivity index (χ0v) is 15.7. The molecule has 136 valence electrons. The highest BCUT2D eigenvalue weighted by molar-refractivity contribution is 5.64. The Hall–Kier alpha value is -1.46. The number of anilines is 2. The third-order valence-corrected chi connectivity index (χ3v) is 4.88. The number of benzene rings is 1. The zero-order valence-electron chi connectivity index (χ0n) is 15.7. The number of hydrogen-bond donors (Lipinski definition) is 3. The minimum Gasteiger partial charge on any atom is -0.495 e. The summed E-state index contributed by atoms with van der Waals surface area (Å²) in [5.41, 5.74) is 6.95. The van der Waals surface area contributed by atoms with E-state index in [0.717, 1.165) is 43.1 Å². The first-order valence-electron chi connectivity index (χ1n) is 8.89. The predicted octanol–water partition coefficient (Wildman–Crippen LogP) is 2.63. The Kier molecular flexibility index (Phi) is 5.99. The maximum atomic E-state index is 10.4. The van der Waals surface area contributed by atoms with E-state index < -0.39 is 5.60 Å². The first kappa shape index (κ1) is 18.9. The molecule has 1 saturated heterocycles. The SMILES string of the molecule is COc1cc(N)ccc1N1CCC(NC(C(C)C)C(C)(C)O)CC1. The third kappa shape index (κ3) is 4.54. The van der Waals surface area contributed by atoms with Crippen LogP contribution in [0, 0.1) is 5.92 Å². The number of piperidine rings is 1. The molecule has 0 aromatic heterocycles. The van der Waals surface area contributed by atoms with Gasteiger partial charge < -0.3 is 25.8 Å². The van der Waals surface area contributed by atoms with Crippen molar-refractivity contribution in [2.75, 3.05) is 30.8 Å². The minimum absolute atomic E-state index is 0.0973. The summed E-state index contributed by atoms with van der Waals surface area (Å²) in [7, 11) is 1.68. The maximum Gasteiger partial charge on any atom is 0.144 e. The van der Waals surface area contributed by atoms with Crippen LogP contribution in [-0.2, 0) is 0 Å². The van der Waals surface area contributed by atoms with Crippen LogP contribution in [0.1, 0.15) is 40.5 Å². The molecule has 5 heteroatoms. The Morgan fingerprint density at radius 1 is 1.29 bits per heavy atom. The van der Waals surface area contributed by atoms with Crippen molar-refractivity contribution in [2.24, 2.45) is 5.92 Å². The third-order valence-electron chi connectivity index (χ3n) is 4.88. The average molecular weight is 335 g/mol. The van der Waals surface area contributed by atoms with Gasteiger partial charge in [-0.3, -0.25) is 0 Å². The Bertz CT molecular complexity index is 532. The van der Waals surface area contributed by atoms with Crippen LogP contribution in [0.3, 0.4) is 0 Å². The van der Waals surface area contributed by atoms with Gasteiger partial charge in [-0.2, -0.15) is 0 Å². The Balaban J connectivity index is 1.99. The van der Waals surface area contributed by atoms with Crippen LogP contribution >= 0.6 is 0 Å². The highest BCUT2D eigenvalue weighted by atomic mass is 16.5. The molecule has 0 aliphatic carbocycles. The summed E-state index contributed by atoms with van der Waals surface area (Å²) in [6.45, 7) is 10.0. The van der Waals surface area contributed by atoms with Gasteiger partial charge in [0.1, 0.15) is 5.75 Å². The van der Waals surface area contributed by atoms with E-state index in [9.17, 15) is 5.11 Å². The molecule has 1 aliphatic rings. The maximum absolute atomic E-state index is 10.4. The van der Waals surface area contributed by atoms with Crippen molar-refractivity contribution < 1.29 is 9.84 Å². The molecule has 2 rings (SSSR count). The predicted molar refractivity (Wildman–Crippen MR) is 101 cm³/mol. The van der Waals surface area contributed by atoms with Crippen molar-refractivity contribution in [3.8, 4) is 5.75 Å². The lowest BCUT2D eigenvalue weighted by atomic mass is 9.87. The van der Waals surface area contributed by atoms with Crippen molar-refractivity contribution in [3.63, 3.8) is 0 Å². The van der Waals surface area contributed by atoms with Gasteiger partial charge in [-0.15, -0.1) is 0 Å². The second kappa shape index (κ2) is 7.62. The molecule has 0 saturated carbocycles. The summed E-state index contributed by atoms with van der Waals surface area (Å²) in [5, 5.41) is 14.1. The largest absolute Gasteiger partial charge is 0.495 e. The monoisotopic (exact) mass is 335 g/mol. The Labute approximate surface area is 146 Å². The van der Waals surface area contributed by atoms with Crippen molar-refractivity contribution in [1.82, 2.24) is 5.32 Å². The van der Waals surface area contributed by atoms with E-state index >= 15 is 0 Å². The number of methoxy groups -OCH3 is 1. The molecular weight excluding hydrogens is 302 g/mol. The number of aliphatic hydroxyl groups is 1. The van der Waals surface area contributed by atoms with Crippen molar-refractivity contribution in [3.05, 3.63) is 18.2 Å². The van der Waals surface area contributed by atoms with Crippen molar-refractivity contribution >= 4 is 11.4 Å². The molecule has 0 spiro atoms. The minimum atomic E-state index is -0.717. The van der Waals surface area contributed by atoms with Gasteiger partial charge in [0.15, 0.2) is 0 Å². The van der Waals surface area contributed by atoms with Gasteiger partial charge in [0, 0.05) is 36.9 Å². The van der Waals surface area contributed by atoms with Crippen LogP contribution in [-0.4, -0.2) is 43.0 Å². The number of nitrogen functional groups attached to an aromatic ring is 1. The van der Waals surface area contributed by atoms with Crippen LogP contribution < -0.4 is 20.7 Å². The first-order chi connectivity index (χ1) is 11.2. The highest BCUT2D eigenvalue weighted by Gasteiger charge is 2.32. The van der Waals surface area contributed by atoms with Crippen molar-refractivity contribution in [1.29, 1.82) is 0 Å². The molecule has 1 fully saturated rings. The summed E-state index contributed by atoms with van der Waals surface area (Å²) in [6.07, 6.45) is 2.10. The zero-order chi connectivity index (χ0) is 17.9. The molecular formula is C19H33N3O2. The van der Waals surface area contributed by atoms with E-state index in [1.165, 1.54) is 0 Å². The van der Waals surface area contributed by atoms with Gasteiger partial charge in [-0.25, -0.2) is 0 Å². The first-order valence-corrected chi connectivity index (χ1v) is 8.89. The smallest absolute Gasteiger partial charge is 0.144 e. The van der Waals surface area contributed by atoms with Crippen LogP contribution in [0.15, 0.2) is 18.2 Å². The average Bonchev–Trinajstić information content (AvgIpc) is 2.51. The fourth-order valence-corrected chi connectivity index (χ4v) is 3.71. The van der Waals surface area contributed by atoms with E-state index in [2.05, 4.69) is 24.1 Å². The number of hydrogen-bond acceptors (Lipinski definition) is 5. The van der Waals surface area contributed by atoms with Gasteiger partial charge in [-0.1, -0.05) is 13.8 Å². The van der Waals surface area contributed by atoms with E-state index in [4.69, 9.17) is 10.5 Å². The van der Waals surface area contributed by atoms with Crippen LogP contribution in [0.5, 0.6) is 5.75 Å². The molecule has 1 atom stereocenters. The Morgan fingerprint density at radius 3 is 2.42 bits per heavy atom. The Morgan fingerprint density at radius 2 is 1.92 bits per heavy atom. The van der Waals surface area contributed by atoms with Crippen molar-refractivity contribution in [2.45, 2.75) is 58.2 Å². The molecule has 1 aromatic carbocycles. The number of nitrogens with zero attached hydrogens (tertiary/aromatic N) is 1. The molecule has 0 amide bonds. The second-order valence-corrected chi connectivity index (χ2v) is 7.73. The molecule has 1 unspecified atom stereocenters. The summed E-state index contributed by atoms with van der Waals surface area (Å²) < 4.78 is 5.48. The molecule has 1 aliphatic heterocycles. The van der Waals surface area contributed by atoms with Crippen LogP contribution in [0.25, 0.3) is 0 Å². The highest BCUT2D eigenvalue weighted by Crippen LogP contribution is 2.32. The van der Waals surface area contributed by atoms with Gasteiger partial charge in [0.05, 0.1) is 18.4 Å². The number of rotatable bonds is 6. The number of nitrogens with one attached hydrogen (secondary N) is 1. The standard InChI is InChI=1S/C19H33N3O2/c1-13(2)18(19(3,4)23)21-15-8-10-22(11-9-15)16-7-6-14(20)12-17(16)24-5/h6-7,12-13,15,18,21,23H,8-11,20H2,1-5H3. The van der Waals surface area contributed by atoms with E-state index in [0.29, 0.717) is 12.0 Å². The fraction of sp³-hybridized carbons (Fsp3) is 0.684. The van der Waals surface area contributed by atoms with E-state index in [-0.39, 0.29) is 6.04 Å². The molecule has 1 heterocycles. The summed E-state index contributed by atoms with van der Waals surface area (Å²) in [6, 6.07) is 6.36. The quantitative estimate of drug-likeness (QED) is 0.697. The molecule has 4 N–H and O–H groups in total. The number of nitrogens with two attached hydrogens (primary N) is 1. The van der Waals surface area contributed by atoms with Gasteiger partial charge in [-0.05, 0) is 44.7 Å². The van der Waals surface area contributed by atoms with Gasteiger partial charge >= 0.3 is 0 Å². The molecule has 24 heavy (non-hydrogen) atoms. The van der Waals surface area contributed by atoms with E-state index in [1.54, 1.807) is 7.11 Å². The fourth-order valence-electron chi connectivity index (χ4n) is 3.71. The van der Waals surface area contributed by atoms with Crippen LogP contribution in [0.4, 0.5) is 11.4 Å². The topological polar surface area (TPSA) is 70.8 Å². The van der Waals surface area contributed by atoms with Gasteiger partial charge in [0.25, 0.3) is 0 Å². The van der Waals surface area contributed by atoms with Gasteiger partial charge in [0.2, 0.25) is 0 Å². The van der Waals surface area contributed by atoms with Crippen LogP contribution in [0.2, 0.25) is 0 Å². The molecule has 5 nitrogen and oxygen atoms in total. The lowest BCUT2D eigenvalue weighted by Crippen LogP contribution is -2.55. The molecule has 0 bridgehead atoms. The normalized spacial score (nSPS) is 18.0. The summed E-state index contributed by atoms with van der Waals surface area (Å²) in [5.74, 6) is 1.22. The lowest BCUT2D eigenvalue weighted by molar-refractivity contribution is 0.0139. The second-order valence-electron chi connectivity index (χ2n) is 7.73. The van der Waals surface area contributed by atoms with E-state index in [1.807, 2.05) is 32.0 Å².